The molecule has 1 aliphatic rings. The van der Waals surface area contributed by atoms with Gasteiger partial charge in [0.2, 0.25) is 5.91 Å². The third-order valence-electron chi connectivity index (χ3n) is 4.01. The maximum atomic E-state index is 12.6. The zero-order valence-electron chi connectivity index (χ0n) is 11.4. The Morgan fingerprint density at radius 1 is 1.25 bits per heavy atom. The molecule has 2 rings (SSSR count). The first-order valence-corrected chi connectivity index (χ1v) is 7.30. The van der Waals surface area contributed by atoms with Crippen LogP contribution >= 0.6 is 12.2 Å². The molecule has 1 saturated carbocycles. The van der Waals surface area contributed by atoms with E-state index >= 15 is 0 Å². The molecule has 0 aliphatic heterocycles. The Morgan fingerprint density at radius 3 is 2.35 bits per heavy atom. The summed E-state index contributed by atoms with van der Waals surface area (Å²) in [5.74, 6) is -0.110. The minimum Gasteiger partial charge on any atom is -0.392 e. The first-order chi connectivity index (χ1) is 9.58. The smallest absolute Gasteiger partial charge is 0.237 e. The van der Waals surface area contributed by atoms with Crippen LogP contribution in [0.4, 0.5) is 5.69 Å². The molecule has 0 saturated heterocycles. The van der Waals surface area contributed by atoms with Gasteiger partial charge in [-0.25, -0.2) is 0 Å². The Hall–Kier alpha value is -1.46. The van der Waals surface area contributed by atoms with Gasteiger partial charge in [-0.15, -0.1) is 0 Å². The summed E-state index contributed by atoms with van der Waals surface area (Å²) in [6.45, 7) is -0.00888. The molecular formula is C15H20N2O2S. The van der Waals surface area contributed by atoms with Crippen LogP contribution in [0.1, 0.15) is 37.7 Å². The fraction of sp³-hybridized carbons (Fsp3) is 0.467. The molecule has 0 aromatic heterocycles. The van der Waals surface area contributed by atoms with E-state index < -0.39 is 5.41 Å². The molecule has 1 amide bonds. The average Bonchev–Trinajstić information content (AvgIpc) is 2.48. The van der Waals surface area contributed by atoms with Gasteiger partial charge in [-0.3, -0.25) is 4.79 Å². The summed E-state index contributed by atoms with van der Waals surface area (Å²) >= 11 is 5.14. The Balaban J connectivity index is 2.13. The summed E-state index contributed by atoms with van der Waals surface area (Å²) in [5.41, 5.74) is 6.65. The second-order valence-corrected chi connectivity index (χ2v) is 5.76. The zero-order valence-corrected chi connectivity index (χ0v) is 12.2. The van der Waals surface area contributed by atoms with Gasteiger partial charge in [-0.05, 0) is 30.5 Å². The number of aliphatic hydroxyl groups excluding tert-OH is 1. The van der Waals surface area contributed by atoms with E-state index in [2.05, 4.69) is 5.32 Å². The highest BCUT2D eigenvalue weighted by Gasteiger charge is 2.42. The lowest BCUT2D eigenvalue weighted by atomic mass is 9.73. The van der Waals surface area contributed by atoms with Crippen LogP contribution in [0.2, 0.25) is 0 Å². The van der Waals surface area contributed by atoms with Gasteiger partial charge in [0.1, 0.15) is 0 Å². The number of thiocarbonyl (C=S) groups is 1. The Kier molecular flexibility index (Phi) is 4.73. The summed E-state index contributed by atoms with van der Waals surface area (Å²) in [5, 5.41) is 11.9. The van der Waals surface area contributed by atoms with E-state index in [4.69, 9.17) is 23.1 Å². The lowest BCUT2D eigenvalue weighted by molar-refractivity contribution is -0.123. The average molecular weight is 292 g/mol. The number of anilines is 1. The van der Waals surface area contributed by atoms with Gasteiger partial charge in [0.15, 0.2) is 0 Å². The highest BCUT2D eigenvalue weighted by Crippen LogP contribution is 2.37. The van der Waals surface area contributed by atoms with Crippen molar-refractivity contribution < 1.29 is 9.90 Å². The predicted octanol–water partition coefficient (Wildman–Crippen LogP) is 2.35. The lowest BCUT2D eigenvalue weighted by Crippen LogP contribution is -2.47. The molecule has 0 bridgehead atoms. The molecule has 20 heavy (non-hydrogen) atoms. The topological polar surface area (TPSA) is 75.4 Å². The van der Waals surface area contributed by atoms with Gasteiger partial charge in [0, 0.05) is 5.69 Å². The number of nitrogens with two attached hydrogens (primary N) is 1. The van der Waals surface area contributed by atoms with E-state index in [-0.39, 0.29) is 12.5 Å². The Morgan fingerprint density at radius 2 is 1.85 bits per heavy atom. The van der Waals surface area contributed by atoms with Crippen LogP contribution in [-0.2, 0) is 11.4 Å². The molecule has 1 fully saturated rings. The fourth-order valence-corrected chi connectivity index (χ4v) is 2.98. The van der Waals surface area contributed by atoms with Gasteiger partial charge in [0.05, 0.1) is 17.0 Å². The van der Waals surface area contributed by atoms with Crippen LogP contribution in [0.15, 0.2) is 24.3 Å². The van der Waals surface area contributed by atoms with Crippen molar-refractivity contribution in [3.8, 4) is 0 Å². The van der Waals surface area contributed by atoms with Crippen molar-refractivity contribution in [1.82, 2.24) is 0 Å². The number of carbonyl (C=O) groups is 1. The number of hydrogen-bond donors (Lipinski definition) is 3. The molecule has 4 nitrogen and oxygen atoms in total. The van der Waals surface area contributed by atoms with Crippen molar-refractivity contribution >= 4 is 28.8 Å². The van der Waals surface area contributed by atoms with Gasteiger partial charge < -0.3 is 16.2 Å². The summed E-state index contributed by atoms with van der Waals surface area (Å²) in [4.78, 5) is 12.9. The fourth-order valence-electron chi connectivity index (χ4n) is 2.68. The van der Waals surface area contributed by atoms with Gasteiger partial charge >= 0.3 is 0 Å². The Bertz CT molecular complexity index is 493. The molecule has 0 radical (unpaired) electrons. The normalized spacial score (nSPS) is 17.4. The SMILES string of the molecule is NC(=S)C1(C(=O)Nc2ccc(CO)cc2)CCCCC1. The number of amides is 1. The highest BCUT2D eigenvalue weighted by atomic mass is 32.1. The minimum absolute atomic E-state index is 0.00888. The van der Waals surface area contributed by atoms with Crippen molar-refractivity contribution in [2.24, 2.45) is 11.1 Å². The first-order valence-electron chi connectivity index (χ1n) is 6.90. The Labute approximate surface area is 124 Å². The molecular weight excluding hydrogens is 272 g/mol. The van der Waals surface area contributed by atoms with E-state index in [0.29, 0.717) is 10.7 Å². The molecule has 1 aromatic rings. The van der Waals surface area contributed by atoms with Crippen LogP contribution in [0.25, 0.3) is 0 Å². The number of hydrogen-bond acceptors (Lipinski definition) is 3. The molecule has 0 heterocycles. The van der Waals surface area contributed by atoms with E-state index in [0.717, 1.165) is 37.7 Å². The zero-order chi connectivity index (χ0) is 14.6. The van der Waals surface area contributed by atoms with Gasteiger partial charge in [-0.2, -0.15) is 0 Å². The minimum atomic E-state index is -0.705. The molecule has 5 heteroatoms. The molecule has 108 valence electrons. The van der Waals surface area contributed by atoms with Crippen LogP contribution in [0.3, 0.4) is 0 Å². The summed E-state index contributed by atoms with van der Waals surface area (Å²) in [6, 6.07) is 7.12. The number of carbonyl (C=O) groups excluding carboxylic acids is 1. The summed E-state index contributed by atoms with van der Waals surface area (Å²) in [7, 11) is 0. The largest absolute Gasteiger partial charge is 0.392 e. The van der Waals surface area contributed by atoms with Crippen LogP contribution in [0, 0.1) is 5.41 Å². The van der Waals surface area contributed by atoms with Crippen molar-refractivity contribution in [2.45, 2.75) is 38.7 Å². The van der Waals surface area contributed by atoms with Crippen molar-refractivity contribution in [3.63, 3.8) is 0 Å². The third-order valence-corrected chi connectivity index (χ3v) is 4.40. The van der Waals surface area contributed by atoms with Gasteiger partial charge in [0.25, 0.3) is 0 Å². The highest BCUT2D eigenvalue weighted by molar-refractivity contribution is 7.80. The number of benzene rings is 1. The summed E-state index contributed by atoms with van der Waals surface area (Å²) in [6.07, 6.45) is 4.54. The second-order valence-electron chi connectivity index (χ2n) is 5.32. The molecule has 0 unspecified atom stereocenters. The molecule has 1 aliphatic carbocycles. The first kappa shape index (κ1) is 14.9. The summed E-state index contributed by atoms with van der Waals surface area (Å²) < 4.78 is 0. The maximum absolute atomic E-state index is 12.6. The predicted molar refractivity (Wildman–Crippen MR) is 83.3 cm³/mol. The van der Waals surface area contributed by atoms with E-state index in [1.165, 1.54) is 0 Å². The van der Waals surface area contributed by atoms with Crippen molar-refractivity contribution in [1.29, 1.82) is 0 Å². The van der Waals surface area contributed by atoms with Crippen LogP contribution < -0.4 is 11.1 Å². The van der Waals surface area contributed by atoms with Crippen LogP contribution in [-0.4, -0.2) is 16.0 Å². The van der Waals surface area contributed by atoms with E-state index in [1.807, 2.05) is 0 Å². The standard InChI is InChI=1S/C15H20N2O2S/c16-13(20)15(8-2-1-3-9-15)14(19)17-12-6-4-11(10-18)5-7-12/h4-7,18H,1-3,8-10H2,(H2,16,20)(H,17,19). The number of aliphatic hydroxyl groups is 1. The monoisotopic (exact) mass is 292 g/mol. The van der Waals surface area contributed by atoms with E-state index in [9.17, 15) is 4.79 Å². The van der Waals surface area contributed by atoms with Gasteiger partial charge in [-0.1, -0.05) is 43.6 Å². The lowest BCUT2D eigenvalue weighted by Gasteiger charge is -2.34. The van der Waals surface area contributed by atoms with Crippen molar-refractivity contribution in [2.75, 3.05) is 5.32 Å². The quantitative estimate of drug-likeness (QED) is 0.745. The molecule has 0 spiro atoms. The number of rotatable bonds is 4. The third kappa shape index (κ3) is 2.99. The molecule has 1 aromatic carbocycles. The van der Waals surface area contributed by atoms with Crippen molar-refractivity contribution in [3.05, 3.63) is 29.8 Å². The number of nitrogens with one attached hydrogen (secondary N) is 1. The maximum Gasteiger partial charge on any atom is 0.237 e. The van der Waals surface area contributed by atoms with Crippen LogP contribution in [0.5, 0.6) is 0 Å². The molecule has 4 N–H and O–H groups in total. The molecule has 0 atom stereocenters. The van der Waals surface area contributed by atoms with E-state index in [1.54, 1.807) is 24.3 Å². The second kappa shape index (κ2) is 6.33.